The van der Waals surface area contributed by atoms with Crippen LogP contribution in [-0.4, -0.2) is 16.1 Å². The molecule has 10 aromatic carbocycles. The van der Waals surface area contributed by atoms with Gasteiger partial charge in [0.1, 0.15) is 16.1 Å². The van der Waals surface area contributed by atoms with Gasteiger partial charge in [0, 0.05) is 11.1 Å². The van der Waals surface area contributed by atoms with E-state index in [1.807, 2.05) is 0 Å². The van der Waals surface area contributed by atoms with E-state index in [2.05, 4.69) is 264 Å². The number of rotatable bonds is 6. The van der Waals surface area contributed by atoms with Crippen LogP contribution >= 0.6 is 0 Å². The van der Waals surface area contributed by atoms with Gasteiger partial charge in [-0.1, -0.05) is 192 Å². The van der Waals surface area contributed by atoms with Crippen molar-refractivity contribution in [3.05, 3.63) is 169 Å². The molecule has 0 heterocycles. The van der Waals surface area contributed by atoms with Crippen LogP contribution in [-0.2, 0) is 0 Å². The molecule has 0 unspecified atom stereocenters. The first kappa shape index (κ1) is 46.9. The van der Waals surface area contributed by atoms with Crippen LogP contribution < -0.4 is 0 Å². The molecule has 0 aromatic heterocycles. The second-order valence-corrected chi connectivity index (χ2v) is 32.6. The molecule has 0 spiro atoms. The molecule has 0 atom stereocenters. The maximum atomic E-state index is 4.11. The van der Waals surface area contributed by atoms with Crippen molar-refractivity contribution in [2.24, 2.45) is 0 Å². The quantitative estimate of drug-likeness (QED) is 0.0886. The molecule has 0 aliphatic rings. The third-order valence-electron chi connectivity index (χ3n) is 15.9. The highest BCUT2D eigenvalue weighted by molar-refractivity contribution is 6.91. The highest BCUT2D eigenvalue weighted by atomic mass is 28.3. The molecule has 0 saturated carbocycles. The van der Waals surface area contributed by atoms with Gasteiger partial charge in [0.25, 0.3) is 0 Å². The first-order valence-electron chi connectivity index (χ1n) is 25.2. The van der Waals surface area contributed by atoms with Crippen LogP contribution in [0.15, 0.2) is 158 Å². The normalized spacial score (nSPS) is 12.4. The fraction of sp³-hybridized carbons (Fsp3) is 0.273. The summed E-state index contributed by atoms with van der Waals surface area (Å²) in [4.78, 5) is 0. The molecule has 0 aliphatic heterocycles. The average Bonchev–Trinajstić information content (AvgIpc) is 3.31. The molecule has 0 saturated heterocycles. The first-order chi connectivity index (χ1) is 32.6. The van der Waals surface area contributed by atoms with E-state index in [-0.39, 0.29) is 0 Å². The summed E-state index contributed by atoms with van der Waals surface area (Å²) in [6.45, 7) is 28.9. The van der Waals surface area contributed by atoms with Gasteiger partial charge in [0.15, 0.2) is 0 Å². The largest absolute Gasteiger partial charge is 0.146 e. The standard InChI is InChI=1S/C44H54Si2.C22H14/c1-29(2)45(30(3)4,31(5)6)23-21-39-41-25-35-17-13-15-19-37(35)27-43(41)40(22-24-46(32(7)8,33(9)10)34(11)12)44-28-38-20-16-14-18-36(38)26-42(39)44;1-2-6-16-10-20-14-22-12-18-8-4-3-7-17(18)11-21(22)13-19(20)9-15(16)5-1/h13-20,25-34H,1-12H3;1-14H. The van der Waals surface area contributed by atoms with Gasteiger partial charge in [-0.15, -0.1) is 11.1 Å². The van der Waals surface area contributed by atoms with Crippen LogP contribution in [0, 0.1) is 22.9 Å². The van der Waals surface area contributed by atoms with Crippen molar-refractivity contribution in [3.63, 3.8) is 0 Å². The lowest BCUT2D eigenvalue weighted by atomic mass is 9.89. The number of hydrogen-bond acceptors (Lipinski definition) is 0. The Morgan fingerprint density at radius 2 is 0.426 bits per heavy atom. The van der Waals surface area contributed by atoms with Crippen molar-refractivity contribution >= 4 is 102 Å². The van der Waals surface area contributed by atoms with E-state index in [1.165, 1.54) is 97.3 Å². The number of benzene rings is 10. The van der Waals surface area contributed by atoms with E-state index in [1.54, 1.807) is 0 Å². The molecule has 0 amide bonds. The fourth-order valence-corrected chi connectivity index (χ4v) is 22.9. The minimum atomic E-state index is -1.97. The molecule has 0 bridgehead atoms. The highest BCUT2D eigenvalue weighted by Crippen LogP contribution is 2.44. The summed E-state index contributed by atoms with van der Waals surface area (Å²) >= 11 is 0. The zero-order valence-corrected chi connectivity index (χ0v) is 44.5. The molecular formula is C66H68Si2. The van der Waals surface area contributed by atoms with Crippen LogP contribution in [0.2, 0.25) is 33.2 Å². The molecule has 0 aliphatic carbocycles. The maximum absolute atomic E-state index is 4.11. The van der Waals surface area contributed by atoms with Crippen molar-refractivity contribution in [2.75, 3.05) is 0 Å². The van der Waals surface area contributed by atoms with Crippen molar-refractivity contribution in [3.8, 4) is 22.9 Å². The summed E-state index contributed by atoms with van der Waals surface area (Å²) in [7, 11) is -3.93. The molecule has 0 fully saturated rings. The molecule has 10 rings (SSSR count). The minimum absolute atomic E-state index is 0.575. The Morgan fingerprint density at radius 1 is 0.250 bits per heavy atom. The summed E-state index contributed by atoms with van der Waals surface area (Å²) < 4.78 is 0. The van der Waals surface area contributed by atoms with Gasteiger partial charge >= 0.3 is 0 Å². The van der Waals surface area contributed by atoms with Gasteiger partial charge < -0.3 is 0 Å². The smallest absolute Gasteiger partial charge is 0.125 e. The summed E-state index contributed by atoms with van der Waals surface area (Å²) in [6.07, 6.45) is 0. The third-order valence-corrected chi connectivity index (χ3v) is 28.5. The van der Waals surface area contributed by atoms with Crippen molar-refractivity contribution in [1.29, 1.82) is 0 Å². The van der Waals surface area contributed by atoms with E-state index in [0.29, 0.717) is 33.2 Å². The van der Waals surface area contributed by atoms with E-state index in [0.717, 1.165) is 0 Å². The summed E-state index contributed by atoms with van der Waals surface area (Å²) in [5.74, 6) is 7.94. The lowest BCUT2D eigenvalue weighted by Gasteiger charge is -2.38. The first-order valence-corrected chi connectivity index (χ1v) is 29.7. The predicted molar refractivity (Wildman–Crippen MR) is 309 cm³/mol. The molecule has 0 N–H and O–H groups in total. The van der Waals surface area contributed by atoms with Crippen LogP contribution in [0.3, 0.4) is 0 Å². The lowest BCUT2D eigenvalue weighted by molar-refractivity contribution is 0.838. The lowest BCUT2D eigenvalue weighted by Crippen LogP contribution is -2.43. The zero-order chi connectivity index (χ0) is 48.1. The topological polar surface area (TPSA) is 0 Å². The number of hydrogen-bond donors (Lipinski definition) is 0. The van der Waals surface area contributed by atoms with E-state index < -0.39 is 16.1 Å². The molecule has 0 radical (unpaired) electrons. The second-order valence-electron chi connectivity index (χ2n) is 21.5. The molecular weight excluding hydrogens is 849 g/mol. The van der Waals surface area contributed by atoms with Gasteiger partial charge in [-0.25, -0.2) is 0 Å². The monoisotopic (exact) mass is 916 g/mol. The molecule has 68 heavy (non-hydrogen) atoms. The van der Waals surface area contributed by atoms with Gasteiger partial charge in [-0.3, -0.25) is 0 Å². The Hall–Kier alpha value is -6.17. The fourth-order valence-electron chi connectivity index (χ4n) is 12.5. The van der Waals surface area contributed by atoms with E-state index >= 15 is 0 Å². The highest BCUT2D eigenvalue weighted by Gasteiger charge is 2.43. The Labute approximate surface area is 408 Å². The average molecular weight is 917 g/mol. The Bertz CT molecular complexity index is 3200. The summed E-state index contributed by atoms with van der Waals surface area (Å²) in [5, 5.41) is 20.4. The molecule has 2 heteroatoms. The van der Waals surface area contributed by atoms with Crippen LogP contribution in [0.5, 0.6) is 0 Å². The summed E-state index contributed by atoms with van der Waals surface area (Å²) in [6, 6.07) is 58.1. The van der Waals surface area contributed by atoms with Crippen molar-refractivity contribution in [1.82, 2.24) is 0 Å². The van der Waals surface area contributed by atoms with E-state index in [9.17, 15) is 0 Å². The van der Waals surface area contributed by atoms with E-state index in [4.69, 9.17) is 0 Å². The molecule has 0 nitrogen and oxygen atoms in total. The van der Waals surface area contributed by atoms with Gasteiger partial charge in [0.2, 0.25) is 0 Å². The maximum Gasteiger partial charge on any atom is 0.146 e. The molecule has 340 valence electrons. The van der Waals surface area contributed by atoms with Crippen LogP contribution in [0.4, 0.5) is 0 Å². The third kappa shape index (κ3) is 8.31. The Morgan fingerprint density at radius 3 is 0.618 bits per heavy atom. The predicted octanol–water partition coefficient (Wildman–Crippen LogP) is 19.7. The van der Waals surface area contributed by atoms with Gasteiger partial charge in [-0.2, -0.15) is 0 Å². The Balaban J connectivity index is 0.000000216. The second kappa shape index (κ2) is 18.7. The van der Waals surface area contributed by atoms with Gasteiger partial charge in [0.05, 0.1) is 0 Å². The molecule has 10 aromatic rings. The Kier molecular flexibility index (Phi) is 12.9. The van der Waals surface area contributed by atoms with Crippen LogP contribution in [0.25, 0.3) is 86.2 Å². The summed E-state index contributed by atoms with van der Waals surface area (Å²) in [5.41, 5.74) is 14.0. The SMILES string of the molecule is CC(C)[Si](C#Cc1c2cc3ccccc3cc2c(C#C[Si](C(C)C)(C(C)C)C(C)C)c2cc3ccccc3cc12)(C(C)C)C(C)C.c1ccc2cc3cc4cc5ccccc5cc4cc3cc2c1. The van der Waals surface area contributed by atoms with Gasteiger partial charge in [-0.05, 0) is 180 Å². The van der Waals surface area contributed by atoms with Crippen LogP contribution in [0.1, 0.15) is 94.2 Å². The zero-order valence-electron chi connectivity index (χ0n) is 42.5. The minimum Gasteiger partial charge on any atom is -0.125 e. The van der Waals surface area contributed by atoms with Crippen molar-refractivity contribution < 1.29 is 0 Å². The number of fused-ring (bicyclic) bond motifs is 8. The van der Waals surface area contributed by atoms with Crippen molar-refractivity contribution in [2.45, 2.75) is 116 Å².